The standard InChI is InChI=1S/C13H21NO4/c1-3-14(11-7-5-4-6-8-11)12(15)9-18-10(2)13(16)17/h7,10H,3-6,8-9H2,1-2H3,(H,16,17)/t10-/m1/s1. The molecule has 1 atom stereocenters. The van der Waals surface area contributed by atoms with Crippen molar-refractivity contribution in [2.75, 3.05) is 13.2 Å². The minimum absolute atomic E-state index is 0.168. The van der Waals surface area contributed by atoms with Gasteiger partial charge in [0, 0.05) is 12.2 Å². The highest BCUT2D eigenvalue weighted by molar-refractivity contribution is 5.80. The average Bonchev–Trinajstić information content (AvgIpc) is 2.38. The van der Waals surface area contributed by atoms with Crippen LogP contribution < -0.4 is 0 Å². The number of aliphatic carboxylic acids is 1. The molecule has 5 nitrogen and oxygen atoms in total. The lowest BCUT2D eigenvalue weighted by atomic mass is 10.0. The molecule has 0 spiro atoms. The molecule has 0 aromatic rings. The van der Waals surface area contributed by atoms with E-state index < -0.39 is 12.1 Å². The molecule has 0 bridgehead atoms. The molecule has 1 N–H and O–H groups in total. The van der Waals surface area contributed by atoms with Gasteiger partial charge < -0.3 is 14.7 Å². The molecule has 1 amide bonds. The van der Waals surface area contributed by atoms with Gasteiger partial charge in [0.2, 0.25) is 0 Å². The van der Waals surface area contributed by atoms with Crippen LogP contribution in [-0.2, 0) is 14.3 Å². The number of allylic oxidation sites excluding steroid dienone is 2. The van der Waals surface area contributed by atoms with Gasteiger partial charge in [-0.3, -0.25) is 4.79 Å². The maximum atomic E-state index is 12.0. The minimum Gasteiger partial charge on any atom is -0.479 e. The number of carbonyl (C=O) groups is 2. The summed E-state index contributed by atoms with van der Waals surface area (Å²) in [6, 6.07) is 0. The summed E-state index contributed by atoms with van der Waals surface area (Å²) in [5.74, 6) is -1.22. The fourth-order valence-corrected chi connectivity index (χ4v) is 1.95. The molecule has 1 aliphatic rings. The monoisotopic (exact) mass is 255 g/mol. The predicted molar refractivity (Wildman–Crippen MR) is 67.0 cm³/mol. The van der Waals surface area contributed by atoms with E-state index in [0.717, 1.165) is 25.0 Å². The predicted octanol–water partition coefficient (Wildman–Crippen LogP) is 1.78. The van der Waals surface area contributed by atoms with E-state index in [1.807, 2.05) is 6.92 Å². The summed E-state index contributed by atoms with van der Waals surface area (Å²) >= 11 is 0. The fourth-order valence-electron chi connectivity index (χ4n) is 1.95. The number of hydrogen-bond donors (Lipinski definition) is 1. The zero-order valence-electron chi connectivity index (χ0n) is 11.0. The van der Waals surface area contributed by atoms with Gasteiger partial charge in [0.1, 0.15) is 6.61 Å². The molecule has 102 valence electrons. The quantitative estimate of drug-likeness (QED) is 0.785. The van der Waals surface area contributed by atoms with E-state index in [9.17, 15) is 9.59 Å². The second-order valence-corrected chi connectivity index (χ2v) is 4.37. The first-order valence-corrected chi connectivity index (χ1v) is 6.40. The highest BCUT2D eigenvalue weighted by Gasteiger charge is 2.20. The van der Waals surface area contributed by atoms with Crippen LogP contribution in [0.1, 0.15) is 39.5 Å². The van der Waals surface area contributed by atoms with Gasteiger partial charge in [0.25, 0.3) is 5.91 Å². The molecule has 0 heterocycles. The molecule has 0 aromatic carbocycles. The summed E-state index contributed by atoms with van der Waals surface area (Å²) in [5.41, 5.74) is 1.04. The Kier molecular flexibility index (Phi) is 5.85. The second-order valence-electron chi connectivity index (χ2n) is 4.37. The maximum absolute atomic E-state index is 12.0. The molecule has 1 aliphatic carbocycles. The van der Waals surface area contributed by atoms with Crippen LogP contribution in [0.3, 0.4) is 0 Å². The molecular weight excluding hydrogens is 234 g/mol. The van der Waals surface area contributed by atoms with Crippen molar-refractivity contribution in [2.45, 2.75) is 45.6 Å². The minimum atomic E-state index is -1.05. The molecule has 0 saturated heterocycles. The Morgan fingerprint density at radius 2 is 2.22 bits per heavy atom. The van der Waals surface area contributed by atoms with Crippen molar-refractivity contribution in [3.63, 3.8) is 0 Å². The highest BCUT2D eigenvalue weighted by Crippen LogP contribution is 2.20. The molecule has 0 fully saturated rings. The lowest BCUT2D eigenvalue weighted by molar-refractivity contribution is -0.152. The van der Waals surface area contributed by atoms with E-state index in [0.29, 0.717) is 6.54 Å². The van der Waals surface area contributed by atoms with Crippen LogP contribution in [0.25, 0.3) is 0 Å². The Bertz CT molecular complexity index is 338. The third-order valence-electron chi connectivity index (χ3n) is 3.04. The Morgan fingerprint density at radius 3 is 2.72 bits per heavy atom. The molecule has 0 unspecified atom stereocenters. The zero-order valence-corrected chi connectivity index (χ0v) is 11.0. The zero-order chi connectivity index (χ0) is 13.5. The van der Waals surface area contributed by atoms with E-state index >= 15 is 0 Å². The lowest BCUT2D eigenvalue weighted by Crippen LogP contribution is -2.35. The normalized spacial score (nSPS) is 16.9. The van der Waals surface area contributed by atoms with Gasteiger partial charge in [-0.15, -0.1) is 0 Å². The van der Waals surface area contributed by atoms with Crippen LogP contribution in [0, 0.1) is 0 Å². The van der Waals surface area contributed by atoms with Gasteiger partial charge in [-0.05, 0) is 39.5 Å². The van der Waals surface area contributed by atoms with Crippen LogP contribution in [0.15, 0.2) is 11.8 Å². The van der Waals surface area contributed by atoms with Crippen LogP contribution in [0.5, 0.6) is 0 Å². The fraction of sp³-hybridized carbons (Fsp3) is 0.692. The molecule has 0 radical (unpaired) electrons. The van der Waals surface area contributed by atoms with E-state index in [4.69, 9.17) is 9.84 Å². The van der Waals surface area contributed by atoms with Crippen LogP contribution in [0.2, 0.25) is 0 Å². The first-order valence-electron chi connectivity index (χ1n) is 6.40. The highest BCUT2D eigenvalue weighted by atomic mass is 16.5. The van der Waals surface area contributed by atoms with Gasteiger partial charge in [0.05, 0.1) is 0 Å². The van der Waals surface area contributed by atoms with Crippen molar-refractivity contribution in [1.82, 2.24) is 4.90 Å². The van der Waals surface area contributed by atoms with Crippen LogP contribution >= 0.6 is 0 Å². The first-order chi connectivity index (χ1) is 8.56. The Labute approximate surface area is 107 Å². The number of hydrogen-bond acceptors (Lipinski definition) is 3. The Morgan fingerprint density at radius 1 is 1.50 bits per heavy atom. The number of likely N-dealkylation sites (N-methyl/N-ethyl adjacent to an activating group) is 1. The molecule has 18 heavy (non-hydrogen) atoms. The smallest absolute Gasteiger partial charge is 0.332 e. The van der Waals surface area contributed by atoms with E-state index in [1.165, 1.54) is 13.3 Å². The van der Waals surface area contributed by atoms with Crippen molar-refractivity contribution >= 4 is 11.9 Å². The summed E-state index contributed by atoms with van der Waals surface area (Å²) < 4.78 is 5.02. The third-order valence-corrected chi connectivity index (χ3v) is 3.04. The Balaban J connectivity index is 2.52. The molecule has 1 rings (SSSR count). The topological polar surface area (TPSA) is 66.8 Å². The van der Waals surface area contributed by atoms with Gasteiger partial charge in [-0.25, -0.2) is 4.79 Å². The molecule has 0 saturated carbocycles. The van der Waals surface area contributed by atoms with Crippen molar-refractivity contribution in [3.05, 3.63) is 11.8 Å². The van der Waals surface area contributed by atoms with Crippen molar-refractivity contribution < 1.29 is 19.4 Å². The summed E-state index contributed by atoms with van der Waals surface area (Å²) in [5, 5.41) is 8.68. The maximum Gasteiger partial charge on any atom is 0.332 e. The van der Waals surface area contributed by atoms with Gasteiger partial charge in [0.15, 0.2) is 6.10 Å². The number of amides is 1. The van der Waals surface area contributed by atoms with E-state index in [-0.39, 0.29) is 12.5 Å². The van der Waals surface area contributed by atoms with Crippen molar-refractivity contribution in [3.8, 4) is 0 Å². The summed E-state index contributed by atoms with van der Waals surface area (Å²) in [6.07, 6.45) is 5.32. The molecular formula is C13H21NO4. The number of nitrogens with zero attached hydrogens (tertiary/aromatic N) is 1. The van der Waals surface area contributed by atoms with Crippen LogP contribution in [-0.4, -0.2) is 41.1 Å². The molecule has 0 aliphatic heterocycles. The number of carbonyl (C=O) groups excluding carboxylic acids is 1. The lowest BCUT2D eigenvalue weighted by Gasteiger charge is -2.26. The summed E-state index contributed by atoms with van der Waals surface area (Å²) in [6.45, 7) is 3.74. The van der Waals surface area contributed by atoms with Crippen molar-refractivity contribution in [1.29, 1.82) is 0 Å². The Hall–Kier alpha value is -1.36. The first kappa shape index (κ1) is 14.7. The summed E-state index contributed by atoms with van der Waals surface area (Å²) in [7, 11) is 0. The van der Waals surface area contributed by atoms with Gasteiger partial charge in [-0.1, -0.05) is 6.08 Å². The SMILES string of the molecule is CCN(C(=O)CO[C@H](C)C(=O)O)C1=CCCCC1. The van der Waals surface area contributed by atoms with E-state index in [1.54, 1.807) is 4.90 Å². The van der Waals surface area contributed by atoms with Gasteiger partial charge >= 0.3 is 5.97 Å². The number of carboxylic acid groups (broad SMARTS) is 1. The largest absolute Gasteiger partial charge is 0.479 e. The molecule has 0 aromatic heterocycles. The number of ether oxygens (including phenoxy) is 1. The second kappa shape index (κ2) is 7.16. The number of rotatable bonds is 6. The molecule has 5 heteroatoms. The van der Waals surface area contributed by atoms with Crippen molar-refractivity contribution in [2.24, 2.45) is 0 Å². The van der Waals surface area contributed by atoms with E-state index in [2.05, 4.69) is 6.08 Å². The van der Waals surface area contributed by atoms with Gasteiger partial charge in [-0.2, -0.15) is 0 Å². The third kappa shape index (κ3) is 4.14. The average molecular weight is 255 g/mol. The van der Waals surface area contributed by atoms with Crippen LogP contribution in [0.4, 0.5) is 0 Å². The number of carboxylic acids is 1. The summed E-state index contributed by atoms with van der Waals surface area (Å²) in [4.78, 5) is 24.2.